The first kappa shape index (κ1) is 23.1. The Morgan fingerprint density at radius 2 is 1.58 bits per heavy atom. The van der Waals surface area contributed by atoms with Crippen LogP contribution in [0.5, 0.6) is 11.5 Å². The van der Waals surface area contributed by atoms with E-state index in [1.54, 1.807) is 0 Å². The summed E-state index contributed by atoms with van der Waals surface area (Å²) in [5.74, 6) is 2.18. The molecule has 0 amide bonds. The number of benzene rings is 3. The molecule has 0 bridgehead atoms. The van der Waals surface area contributed by atoms with Gasteiger partial charge in [-0.05, 0) is 119 Å². The molecule has 3 aromatic rings. The van der Waals surface area contributed by atoms with Crippen LogP contribution < -0.4 is 9.64 Å². The Morgan fingerprint density at radius 1 is 0.970 bits per heavy atom. The predicted octanol–water partition coefficient (Wildman–Crippen LogP) is 8.35. The topological polar surface area (TPSA) is 24.8 Å². The SMILES string of the molecule is Cc1ccc(Oc2ccc(N=Cc3cc4c(cc3C)N(C(C)C)C(C)(C)CC4C)cc2)cc1. The van der Waals surface area contributed by atoms with Gasteiger partial charge in [0.1, 0.15) is 11.5 Å². The van der Waals surface area contributed by atoms with E-state index in [2.05, 4.69) is 77.6 Å². The molecule has 0 aliphatic carbocycles. The van der Waals surface area contributed by atoms with Crippen LogP contribution in [-0.2, 0) is 0 Å². The summed E-state index contributed by atoms with van der Waals surface area (Å²) in [6, 6.07) is 21.2. The summed E-state index contributed by atoms with van der Waals surface area (Å²) in [6.45, 7) is 15.9. The fraction of sp³-hybridized carbons (Fsp3) is 0.367. The molecule has 0 spiro atoms. The molecule has 1 aliphatic rings. The summed E-state index contributed by atoms with van der Waals surface area (Å²) in [7, 11) is 0. The van der Waals surface area contributed by atoms with Gasteiger partial charge in [-0.3, -0.25) is 4.99 Å². The smallest absolute Gasteiger partial charge is 0.127 e. The van der Waals surface area contributed by atoms with Crippen LogP contribution in [0.4, 0.5) is 11.4 Å². The van der Waals surface area contributed by atoms with Crippen LogP contribution in [0.15, 0.2) is 65.7 Å². The van der Waals surface area contributed by atoms with Gasteiger partial charge in [0.15, 0.2) is 0 Å². The maximum absolute atomic E-state index is 5.93. The van der Waals surface area contributed by atoms with Gasteiger partial charge in [-0.15, -0.1) is 0 Å². The first-order chi connectivity index (χ1) is 15.6. The molecule has 1 atom stereocenters. The number of aliphatic imine (C=N–C) groups is 1. The van der Waals surface area contributed by atoms with E-state index in [0.29, 0.717) is 12.0 Å². The number of hydrogen-bond acceptors (Lipinski definition) is 3. The third-order valence-electron chi connectivity index (χ3n) is 6.63. The quantitative estimate of drug-likeness (QED) is 0.372. The van der Waals surface area contributed by atoms with E-state index in [4.69, 9.17) is 9.73 Å². The van der Waals surface area contributed by atoms with Gasteiger partial charge in [0, 0.05) is 23.5 Å². The molecular formula is C30H36N2O. The number of ether oxygens (including phenoxy) is 1. The van der Waals surface area contributed by atoms with Gasteiger partial charge in [-0.2, -0.15) is 0 Å². The molecule has 3 nitrogen and oxygen atoms in total. The maximum atomic E-state index is 5.93. The van der Waals surface area contributed by atoms with Crippen LogP contribution in [0.1, 0.15) is 69.2 Å². The summed E-state index contributed by atoms with van der Waals surface area (Å²) in [6.07, 6.45) is 3.15. The Bertz CT molecular complexity index is 1140. The molecule has 172 valence electrons. The highest BCUT2D eigenvalue weighted by atomic mass is 16.5. The number of nitrogens with zero attached hydrogens (tertiary/aromatic N) is 2. The van der Waals surface area contributed by atoms with Crippen LogP contribution >= 0.6 is 0 Å². The molecule has 1 heterocycles. The minimum atomic E-state index is 0.158. The van der Waals surface area contributed by atoms with Gasteiger partial charge >= 0.3 is 0 Å². The van der Waals surface area contributed by atoms with Crippen molar-refractivity contribution in [3.05, 3.63) is 82.9 Å². The van der Waals surface area contributed by atoms with E-state index in [1.165, 1.54) is 27.9 Å². The van der Waals surface area contributed by atoms with Crippen molar-refractivity contribution in [3.8, 4) is 11.5 Å². The van der Waals surface area contributed by atoms with Crippen LogP contribution in [-0.4, -0.2) is 17.8 Å². The zero-order valence-corrected chi connectivity index (χ0v) is 21.0. The standard InChI is InChI=1S/C30H36N2O/c1-20(2)32-29-16-22(4)24(17-28(29)23(5)18-30(32,6)7)19-31-25-10-14-27(15-11-25)33-26-12-8-21(3)9-13-26/h8-17,19-20,23H,18H2,1-7H3. The Morgan fingerprint density at radius 3 is 2.18 bits per heavy atom. The highest BCUT2D eigenvalue weighted by Gasteiger charge is 2.37. The highest BCUT2D eigenvalue weighted by Crippen LogP contribution is 2.45. The average Bonchev–Trinajstić information content (AvgIpc) is 2.74. The van der Waals surface area contributed by atoms with Crippen LogP contribution in [0.25, 0.3) is 0 Å². The second kappa shape index (κ2) is 9.05. The minimum absolute atomic E-state index is 0.158. The van der Waals surface area contributed by atoms with Crippen LogP contribution in [0.2, 0.25) is 0 Å². The normalized spacial score (nSPS) is 17.5. The molecule has 4 rings (SSSR count). The zero-order chi connectivity index (χ0) is 23.8. The molecule has 3 aromatic carbocycles. The van der Waals surface area contributed by atoms with Crippen molar-refractivity contribution >= 4 is 17.6 Å². The number of anilines is 1. The second-order valence-electron chi connectivity index (χ2n) is 10.3. The lowest BCUT2D eigenvalue weighted by atomic mass is 9.78. The molecule has 0 aromatic heterocycles. The van der Waals surface area contributed by atoms with Crippen molar-refractivity contribution in [2.75, 3.05) is 4.90 Å². The molecule has 1 aliphatic heterocycles. The Kier molecular flexibility index (Phi) is 6.34. The molecule has 33 heavy (non-hydrogen) atoms. The van der Waals surface area contributed by atoms with E-state index >= 15 is 0 Å². The molecule has 0 radical (unpaired) electrons. The monoisotopic (exact) mass is 440 g/mol. The van der Waals surface area contributed by atoms with Crippen molar-refractivity contribution in [1.29, 1.82) is 0 Å². The fourth-order valence-corrected chi connectivity index (χ4v) is 5.22. The largest absolute Gasteiger partial charge is 0.457 e. The van der Waals surface area contributed by atoms with E-state index < -0.39 is 0 Å². The molecule has 0 fully saturated rings. The fourth-order valence-electron chi connectivity index (χ4n) is 5.22. The summed E-state index contributed by atoms with van der Waals surface area (Å²) in [4.78, 5) is 7.35. The molecule has 0 saturated heterocycles. The van der Waals surface area contributed by atoms with Crippen molar-refractivity contribution in [2.45, 2.75) is 72.4 Å². The Hall–Kier alpha value is -3.07. The van der Waals surface area contributed by atoms with Gasteiger partial charge in [-0.1, -0.05) is 24.6 Å². The first-order valence-electron chi connectivity index (χ1n) is 12.0. The maximum Gasteiger partial charge on any atom is 0.127 e. The number of hydrogen-bond donors (Lipinski definition) is 0. The molecule has 0 N–H and O–H groups in total. The third-order valence-corrected chi connectivity index (χ3v) is 6.63. The van der Waals surface area contributed by atoms with E-state index in [-0.39, 0.29) is 5.54 Å². The van der Waals surface area contributed by atoms with E-state index in [9.17, 15) is 0 Å². The third kappa shape index (κ3) is 4.98. The lowest BCUT2D eigenvalue weighted by Crippen LogP contribution is -2.51. The van der Waals surface area contributed by atoms with Crippen molar-refractivity contribution in [3.63, 3.8) is 0 Å². The van der Waals surface area contributed by atoms with Gasteiger partial charge < -0.3 is 9.64 Å². The van der Waals surface area contributed by atoms with Crippen LogP contribution in [0.3, 0.4) is 0 Å². The first-order valence-corrected chi connectivity index (χ1v) is 12.0. The number of rotatable bonds is 5. The van der Waals surface area contributed by atoms with Gasteiger partial charge in [0.25, 0.3) is 0 Å². The average molecular weight is 441 g/mol. The summed E-state index contributed by atoms with van der Waals surface area (Å²) in [5, 5.41) is 0. The number of fused-ring (bicyclic) bond motifs is 1. The van der Waals surface area contributed by atoms with Crippen LogP contribution in [0, 0.1) is 13.8 Å². The summed E-state index contributed by atoms with van der Waals surface area (Å²) >= 11 is 0. The summed E-state index contributed by atoms with van der Waals surface area (Å²) < 4.78 is 5.93. The second-order valence-corrected chi connectivity index (χ2v) is 10.3. The lowest BCUT2D eigenvalue weighted by Gasteiger charge is -2.50. The Labute approximate surface area is 199 Å². The zero-order valence-electron chi connectivity index (χ0n) is 21.0. The van der Waals surface area contributed by atoms with Gasteiger partial charge in [0.2, 0.25) is 0 Å². The summed E-state index contributed by atoms with van der Waals surface area (Å²) in [5.41, 5.74) is 7.54. The Balaban J connectivity index is 1.55. The van der Waals surface area contributed by atoms with E-state index in [1.807, 2.05) is 42.6 Å². The van der Waals surface area contributed by atoms with Crippen molar-refractivity contribution in [1.82, 2.24) is 0 Å². The molecule has 3 heteroatoms. The predicted molar refractivity (Wildman–Crippen MR) is 141 cm³/mol. The molecule has 1 unspecified atom stereocenters. The molecular weight excluding hydrogens is 404 g/mol. The van der Waals surface area contributed by atoms with Gasteiger partial charge in [-0.25, -0.2) is 0 Å². The minimum Gasteiger partial charge on any atom is -0.457 e. The lowest BCUT2D eigenvalue weighted by molar-refractivity contribution is 0.356. The van der Waals surface area contributed by atoms with Crippen molar-refractivity contribution < 1.29 is 4.74 Å². The van der Waals surface area contributed by atoms with Crippen molar-refractivity contribution in [2.24, 2.45) is 4.99 Å². The highest BCUT2D eigenvalue weighted by molar-refractivity contribution is 5.86. The number of aryl methyl sites for hydroxylation is 2. The van der Waals surface area contributed by atoms with Gasteiger partial charge in [0.05, 0.1) is 5.69 Å². The van der Waals surface area contributed by atoms with E-state index in [0.717, 1.165) is 23.6 Å². The molecule has 0 saturated carbocycles.